The molecule has 2 heterocycles. The first-order valence-electron chi connectivity index (χ1n) is 10.3. The number of carbonyl (C=O) groups is 1. The van der Waals surface area contributed by atoms with Crippen LogP contribution < -0.4 is 14.9 Å². The zero-order valence-corrected chi connectivity index (χ0v) is 18.6. The van der Waals surface area contributed by atoms with Crippen molar-refractivity contribution in [2.45, 2.75) is 36.2 Å². The van der Waals surface area contributed by atoms with Crippen molar-refractivity contribution in [2.75, 3.05) is 18.5 Å². The Bertz CT molecular complexity index is 1290. The van der Waals surface area contributed by atoms with Crippen LogP contribution >= 0.6 is 11.6 Å². The van der Waals surface area contributed by atoms with E-state index in [1.165, 1.54) is 23.3 Å². The molecule has 0 spiro atoms. The van der Waals surface area contributed by atoms with E-state index >= 15 is 0 Å². The number of sulfonamides is 1. The largest absolute Gasteiger partial charge is 0.360 e. The lowest BCUT2D eigenvalue weighted by molar-refractivity contribution is -0.118. The number of amides is 1. The van der Waals surface area contributed by atoms with Gasteiger partial charge in [0.2, 0.25) is 15.9 Å². The molecule has 0 saturated carbocycles. The Morgan fingerprint density at radius 1 is 1.13 bits per heavy atom. The first-order valence-corrected chi connectivity index (χ1v) is 12.1. The van der Waals surface area contributed by atoms with Gasteiger partial charge in [-0.2, -0.15) is 4.72 Å². The number of fused-ring (bicyclic) bond motifs is 2. The fraction of sp³-hybridized carbons (Fsp3) is 0.318. The third-order valence-corrected chi connectivity index (χ3v) is 8.06. The lowest BCUT2D eigenvalue weighted by Crippen LogP contribution is -2.41. The van der Waals surface area contributed by atoms with E-state index in [-0.39, 0.29) is 10.8 Å². The average molecular weight is 459 g/mol. The molecular weight excluding hydrogens is 436 g/mol. The van der Waals surface area contributed by atoms with Crippen molar-refractivity contribution >= 4 is 44.1 Å². The molecule has 9 heteroatoms. The highest BCUT2D eigenvalue weighted by atomic mass is 35.5. The van der Waals surface area contributed by atoms with Crippen molar-refractivity contribution in [3.63, 3.8) is 0 Å². The molecule has 1 aliphatic carbocycles. The second-order valence-electron chi connectivity index (χ2n) is 8.06. The van der Waals surface area contributed by atoms with E-state index in [4.69, 9.17) is 11.6 Å². The molecule has 1 aliphatic heterocycles. The molecule has 0 bridgehead atoms. The molecule has 162 valence electrons. The van der Waals surface area contributed by atoms with Crippen LogP contribution in [0.1, 0.15) is 30.0 Å². The van der Waals surface area contributed by atoms with Gasteiger partial charge in [0.15, 0.2) is 0 Å². The van der Waals surface area contributed by atoms with Crippen LogP contribution in [0.4, 0.5) is 5.69 Å². The highest BCUT2D eigenvalue weighted by Gasteiger charge is 2.36. The maximum Gasteiger partial charge on any atom is 0.245 e. The van der Waals surface area contributed by atoms with Gasteiger partial charge in [-0.15, -0.1) is 0 Å². The Morgan fingerprint density at radius 2 is 1.97 bits per heavy atom. The van der Waals surface area contributed by atoms with Crippen LogP contribution in [-0.4, -0.2) is 38.9 Å². The molecule has 2 atom stereocenters. The number of aromatic amines is 1. The van der Waals surface area contributed by atoms with E-state index in [1.54, 1.807) is 17.2 Å². The number of benzene rings is 2. The van der Waals surface area contributed by atoms with E-state index in [0.717, 1.165) is 23.9 Å². The molecule has 5 rings (SSSR count). The van der Waals surface area contributed by atoms with E-state index < -0.39 is 16.1 Å². The first kappa shape index (κ1) is 20.5. The second-order valence-corrected chi connectivity index (χ2v) is 10.2. The predicted molar refractivity (Wildman–Crippen MR) is 121 cm³/mol. The van der Waals surface area contributed by atoms with Gasteiger partial charge >= 0.3 is 0 Å². The van der Waals surface area contributed by atoms with Gasteiger partial charge in [0.25, 0.3) is 0 Å². The summed E-state index contributed by atoms with van der Waals surface area (Å²) in [6.07, 6.45) is 4.05. The van der Waals surface area contributed by atoms with Crippen molar-refractivity contribution < 1.29 is 13.2 Å². The van der Waals surface area contributed by atoms with E-state index in [2.05, 4.69) is 27.2 Å². The molecule has 31 heavy (non-hydrogen) atoms. The van der Waals surface area contributed by atoms with Gasteiger partial charge in [-0.3, -0.25) is 4.79 Å². The van der Waals surface area contributed by atoms with Gasteiger partial charge in [-0.1, -0.05) is 17.7 Å². The molecule has 3 N–H and O–H groups in total. The monoisotopic (exact) mass is 458 g/mol. The smallest absolute Gasteiger partial charge is 0.245 e. The minimum atomic E-state index is -3.85. The van der Waals surface area contributed by atoms with Crippen LogP contribution in [0.2, 0.25) is 5.02 Å². The summed E-state index contributed by atoms with van der Waals surface area (Å²) in [5.41, 5.74) is 3.97. The number of hydrogen-bond acceptors (Lipinski definition) is 4. The summed E-state index contributed by atoms with van der Waals surface area (Å²) in [6, 6.07) is 10.3. The van der Waals surface area contributed by atoms with Crippen LogP contribution in [0.5, 0.6) is 0 Å². The predicted octanol–water partition coefficient (Wildman–Crippen LogP) is 3.11. The van der Waals surface area contributed by atoms with Gasteiger partial charge in [0.05, 0.1) is 9.92 Å². The number of nitrogens with zero attached hydrogens (tertiary/aromatic N) is 1. The Labute approximate surface area is 185 Å². The second kappa shape index (κ2) is 7.63. The zero-order valence-electron chi connectivity index (χ0n) is 17.0. The molecular formula is C22H23ClN4O3S. The number of H-pyrrole nitrogens is 1. The van der Waals surface area contributed by atoms with E-state index in [1.807, 2.05) is 13.1 Å². The van der Waals surface area contributed by atoms with Gasteiger partial charge in [-0.25, -0.2) is 8.42 Å². The summed E-state index contributed by atoms with van der Waals surface area (Å²) in [4.78, 5) is 17.7. The van der Waals surface area contributed by atoms with Crippen LogP contribution in [0, 0.1) is 0 Å². The number of carbonyl (C=O) groups excluding carboxylic acids is 1. The molecule has 2 aliphatic rings. The molecule has 0 radical (unpaired) electrons. The highest BCUT2D eigenvalue weighted by molar-refractivity contribution is 7.89. The highest BCUT2D eigenvalue weighted by Crippen LogP contribution is 2.34. The molecule has 1 amide bonds. The summed E-state index contributed by atoms with van der Waals surface area (Å²) < 4.78 is 28.4. The van der Waals surface area contributed by atoms with Gasteiger partial charge in [0, 0.05) is 35.4 Å². The average Bonchev–Trinajstić information content (AvgIpc) is 3.45. The fourth-order valence-electron chi connectivity index (χ4n) is 4.61. The minimum absolute atomic E-state index is 0.0976. The van der Waals surface area contributed by atoms with Crippen molar-refractivity contribution in [3.8, 4) is 0 Å². The van der Waals surface area contributed by atoms with Crippen molar-refractivity contribution in [1.29, 1.82) is 0 Å². The van der Waals surface area contributed by atoms with Gasteiger partial charge in [-0.05, 0) is 67.8 Å². The molecule has 3 aromatic rings. The molecule has 1 unspecified atom stereocenters. The third kappa shape index (κ3) is 3.53. The fourth-order valence-corrected chi connectivity index (χ4v) is 6.08. The summed E-state index contributed by atoms with van der Waals surface area (Å²) in [5.74, 6) is -0.226. The first-order chi connectivity index (χ1) is 14.9. The van der Waals surface area contributed by atoms with Crippen LogP contribution in [0.25, 0.3) is 10.9 Å². The summed E-state index contributed by atoms with van der Waals surface area (Å²) >= 11 is 6.07. The number of hydrogen-bond donors (Lipinski definition) is 3. The lowest BCUT2D eigenvalue weighted by Gasteiger charge is -2.19. The molecule has 7 nitrogen and oxygen atoms in total. The number of anilines is 1. The Kier molecular flexibility index (Phi) is 5.05. The van der Waals surface area contributed by atoms with Gasteiger partial charge < -0.3 is 15.2 Å². The van der Waals surface area contributed by atoms with E-state index in [0.29, 0.717) is 29.5 Å². The standard InChI is InChI=1S/C22H23ClN4O3S/c1-24-19-7-2-13-10-14(3-5-16(13)19)27-9-8-20(22(27)28)26-31(29,30)15-4-6-17-18(23)12-25-21(17)11-15/h3-6,10-12,19-20,24-26H,2,7-9H2,1H3/t19?,20-/m0/s1. The third-order valence-electron chi connectivity index (χ3n) is 6.28. The Morgan fingerprint density at radius 3 is 2.77 bits per heavy atom. The topological polar surface area (TPSA) is 94.3 Å². The van der Waals surface area contributed by atoms with Crippen LogP contribution in [0.3, 0.4) is 0 Å². The number of nitrogens with one attached hydrogen (secondary N) is 3. The summed E-state index contributed by atoms with van der Waals surface area (Å²) in [7, 11) is -1.90. The zero-order chi connectivity index (χ0) is 21.8. The number of aromatic nitrogens is 1. The van der Waals surface area contributed by atoms with Crippen LogP contribution in [-0.2, 0) is 21.2 Å². The van der Waals surface area contributed by atoms with Gasteiger partial charge in [0.1, 0.15) is 6.04 Å². The maximum absolute atomic E-state index is 13.0. The summed E-state index contributed by atoms with van der Waals surface area (Å²) in [6.45, 7) is 0.478. The van der Waals surface area contributed by atoms with Crippen LogP contribution in [0.15, 0.2) is 47.5 Å². The quantitative estimate of drug-likeness (QED) is 0.547. The SMILES string of the molecule is CNC1CCc2cc(N3CC[C@H](NS(=O)(=O)c4ccc5c(Cl)c[nH]c5c4)C3=O)ccc21. The summed E-state index contributed by atoms with van der Waals surface area (Å²) in [5, 5.41) is 4.59. The number of aryl methyl sites for hydroxylation is 1. The maximum atomic E-state index is 13.0. The Balaban J connectivity index is 1.35. The molecule has 2 aromatic carbocycles. The number of rotatable bonds is 5. The minimum Gasteiger partial charge on any atom is -0.360 e. The van der Waals surface area contributed by atoms with E-state index in [9.17, 15) is 13.2 Å². The Hall–Kier alpha value is -2.39. The molecule has 1 fully saturated rings. The van der Waals surface area contributed by atoms with Crippen molar-refractivity contribution in [1.82, 2.24) is 15.0 Å². The molecule has 1 saturated heterocycles. The number of halogens is 1. The lowest BCUT2D eigenvalue weighted by atomic mass is 10.1. The normalized spacial score (nSPS) is 21.2. The van der Waals surface area contributed by atoms with Crippen molar-refractivity contribution in [3.05, 3.63) is 58.7 Å². The van der Waals surface area contributed by atoms with Crippen molar-refractivity contribution in [2.24, 2.45) is 0 Å². The molecule has 1 aromatic heterocycles.